The normalized spacial score (nSPS) is 11.9. The highest BCUT2D eigenvalue weighted by Crippen LogP contribution is 2.13. The van der Waals surface area contributed by atoms with Crippen LogP contribution in [-0.4, -0.2) is 49.7 Å². The molecule has 0 amide bonds. The summed E-state index contributed by atoms with van der Waals surface area (Å²) in [5, 5.41) is 0. The first kappa shape index (κ1) is 27.1. The van der Waals surface area contributed by atoms with Crippen LogP contribution in [0.5, 0.6) is 0 Å². The van der Waals surface area contributed by atoms with E-state index in [0.717, 1.165) is 4.48 Å². The van der Waals surface area contributed by atoms with Gasteiger partial charge in [0, 0.05) is 10.4 Å². The fourth-order valence-electron chi connectivity index (χ4n) is 2.78. The maximum absolute atomic E-state index is 8.52. The minimum atomic E-state index is -5.17. The van der Waals surface area contributed by atoms with Gasteiger partial charge in [0.2, 0.25) is 0 Å². The Bertz CT molecular complexity index is 356. The molecular weight excluding hydrogens is 338 g/mol. The molecule has 6 heteroatoms. The van der Waals surface area contributed by atoms with Crippen molar-refractivity contribution in [2.75, 3.05) is 27.7 Å². The van der Waals surface area contributed by atoms with Crippen LogP contribution >= 0.6 is 0 Å². The summed E-state index contributed by atoms with van der Waals surface area (Å²) < 4.78 is 35.2. The number of hydrogen-bond acceptors (Lipinski definition) is 4. The zero-order valence-corrected chi connectivity index (χ0v) is 17.9. The topological polar surface area (TPSA) is 80.3 Å². The predicted molar refractivity (Wildman–Crippen MR) is 104 cm³/mol. The minimum Gasteiger partial charge on any atom is -0.759 e. The molecule has 0 heterocycles. The molecule has 0 aromatic heterocycles. The lowest BCUT2D eigenvalue weighted by atomic mass is 10.0. The van der Waals surface area contributed by atoms with Gasteiger partial charge in [-0.05, 0) is 12.8 Å². The summed E-state index contributed by atoms with van der Waals surface area (Å²) in [6.07, 6.45) is 20.4. The Labute approximate surface area is 157 Å². The van der Waals surface area contributed by atoms with Crippen LogP contribution in [0.3, 0.4) is 0 Å². The third kappa shape index (κ3) is 40.1. The second kappa shape index (κ2) is 17.3. The van der Waals surface area contributed by atoms with Crippen molar-refractivity contribution in [2.24, 2.45) is 0 Å². The first-order chi connectivity index (χ1) is 11.6. The molecule has 0 aromatic carbocycles. The van der Waals surface area contributed by atoms with E-state index in [1.54, 1.807) is 0 Å². The lowest BCUT2D eigenvalue weighted by molar-refractivity contribution is -0.870. The van der Waals surface area contributed by atoms with Gasteiger partial charge in [0.15, 0.2) is 0 Å². The van der Waals surface area contributed by atoms with E-state index in [1.165, 1.54) is 96.4 Å². The number of unbranched alkanes of at least 4 members (excludes halogenated alkanes) is 13. The van der Waals surface area contributed by atoms with Crippen LogP contribution in [0.15, 0.2) is 0 Å². The molecule has 0 bridgehead atoms. The van der Waals surface area contributed by atoms with Crippen molar-refractivity contribution >= 4 is 10.4 Å². The standard InChI is InChI=1S/C19H42N.H2O4S/c1-5-6-7-8-9-10-11-12-13-14-15-16-17-18-19-20(2,3)4;1-5(2,3)4/h5-19H2,1-4H3;(H2,1,2,3,4)/q+1;/p-2. The molecule has 0 atom stereocenters. The van der Waals surface area contributed by atoms with Crippen molar-refractivity contribution < 1.29 is 22.0 Å². The molecule has 0 rings (SSSR count). The Morgan fingerprint density at radius 2 is 0.840 bits per heavy atom. The Balaban J connectivity index is 0. The SMILES string of the molecule is CCCCCCCCCCCCCCCC[N+](C)(C)C.O=S(=O)([O-])[O-]. The summed E-state index contributed by atoms with van der Waals surface area (Å²) in [5.41, 5.74) is 0. The number of hydrogen-bond donors (Lipinski definition) is 0. The van der Waals surface area contributed by atoms with E-state index in [4.69, 9.17) is 17.5 Å². The molecule has 0 radical (unpaired) electrons. The molecule has 0 unspecified atom stereocenters. The summed E-state index contributed by atoms with van der Waals surface area (Å²) in [4.78, 5) is 0. The van der Waals surface area contributed by atoms with Gasteiger partial charge >= 0.3 is 0 Å². The van der Waals surface area contributed by atoms with E-state index >= 15 is 0 Å². The van der Waals surface area contributed by atoms with Gasteiger partial charge in [-0.15, -0.1) is 0 Å². The zero-order valence-electron chi connectivity index (χ0n) is 17.1. The Morgan fingerprint density at radius 3 is 1.08 bits per heavy atom. The maximum atomic E-state index is 8.52. The van der Waals surface area contributed by atoms with Crippen LogP contribution in [0.25, 0.3) is 0 Å². The van der Waals surface area contributed by atoms with Crippen molar-refractivity contribution in [1.82, 2.24) is 0 Å². The Morgan fingerprint density at radius 1 is 0.600 bits per heavy atom. The van der Waals surface area contributed by atoms with Crippen molar-refractivity contribution in [1.29, 1.82) is 0 Å². The second-order valence-electron chi connectivity index (χ2n) is 8.02. The van der Waals surface area contributed by atoms with Gasteiger partial charge in [0.05, 0.1) is 27.7 Å². The minimum absolute atomic E-state index is 1.12. The van der Waals surface area contributed by atoms with E-state index in [0.29, 0.717) is 0 Å². The molecule has 154 valence electrons. The average Bonchev–Trinajstić information content (AvgIpc) is 2.45. The van der Waals surface area contributed by atoms with Gasteiger partial charge < -0.3 is 13.6 Å². The summed E-state index contributed by atoms with van der Waals surface area (Å²) in [7, 11) is 1.72. The molecule has 5 nitrogen and oxygen atoms in total. The molecule has 0 aromatic rings. The zero-order chi connectivity index (χ0) is 19.6. The fourth-order valence-corrected chi connectivity index (χ4v) is 2.78. The molecule has 0 aliphatic heterocycles. The van der Waals surface area contributed by atoms with Crippen LogP contribution in [0.4, 0.5) is 0 Å². The maximum Gasteiger partial charge on any atom is 0.0780 e. The molecule has 0 aliphatic rings. The fraction of sp³-hybridized carbons (Fsp3) is 1.00. The summed E-state index contributed by atoms with van der Waals surface area (Å²) in [6, 6.07) is 0. The highest BCUT2D eigenvalue weighted by Gasteiger charge is 2.04. The third-order valence-corrected chi connectivity index (χ3v) is 4.18. The van der Waals surface area contributed by atoms with E-state index in [2.05, 4.69) is 28.1 Å². The van der Waals surface area contributed by atoms with Crippen LogP contribution < -0.4 is 0 Å². The molecule has 0 N–H and O–H groups in total. The highest BCUT2D eigenvalue weighted by atomic mass is 32.3. The van der Waals surface area contributed by atoms with Gasteiger partial charge in [-0.25, -0.2) is 0 Å². The summed E-state index contributed by atoms with van der Waals surface area (Å²) in [6.45, 7) is 3.63. The Hall–Kier alpha value is -0.170. The molecule has 0 spiro atoms. The first-order valence-electron chi connectivity index (χ1n) is 10.0. The van der Waals surface area contributed by atoms with E-state index < -0.39 is 10.4 Å². The Kier molecular flexibility index (Phi) is 18.7. The number of rotatable bonds is 15. The molecule has 0 saturated heterocycles. The van der Waals surface area contributed by atoms with Crippen LogP contribution in [0.1, 0.15) is 96.8 Å². The molecule has 0 aliphatic carbocycles. The monoisotopic (exact) mass is 380 g/mol. The third-order valence-electron chi connectivity index (χ3n) is 4.18. The quantitative estimate of drug-likeness (QED) is 0.176. The summed E-state index contributed by atoms with van der Waals surface area (Å²) in [5.74, 6) is 0. The first-order valence-corrected chi connectivity index (χ1v) is 11.4. The van der Waals surface area contributed by atoms with Crippen LogP contribution in [0, 0.1) is 0 Å². The largest absolute Gasteiger partial charge is 0.759 e. The number of quaternary nitrogens is 1. The van der Waals surface area contributed by atoms with Crippen molar-refractivity contribution in [3.63, 3.8) is 0 Å². The summed E-state index contributed by atoms with van der Waals surface area (Å²) >= 11 is 0. The van der Waals surface area contributed by atoms with Crippen molar-refractivity contribution in [3.8, 4) is 0 Å². The van der Waals surface area contributed by atoms with E-state index in [1.807, 2.05) is 0 Å². The highest BCUT2D eigenvalue weighted by molar-refractivity contribution is 7.79. The van der Waals surface area contributed by atoms with Gasteiger partial charge in [-0.2, -0.15) is 0 Å². The average molecular weight is 381 g/mol. The molecular formula is C19H42NO4S-. The van der Waals surface area contributed by atoms with Gasteiger partial charge in [-0.1, -0.05) is 84.0 Å². The van der Waals surface area contributed by atoms with Crippen molar-refractivity contribution in [3.05, 3.63) is 0 Å². The van der Waals surface area contributed by atoms with Gasteiger partial charge in [0.25, 0.3) is 0 Å². The van der Waals surface area contributed by atoms with E-state index in [9.17, 15) is 0 Å². The van der Waals surface area contributed by atoms with Gasteiger partial charge in [-0.3, -0.25) is 8.42 Å². The van der Waals surface area contributed by atoms with Gasteiger partial charge in [0.1, 0.15) is 0 Å². The van der Waals surface area contributed by atoms with Crippen LogP contribution in [-0.2, 0) is 10.4 Å². The lowest BCUT2D eigenvalue weighted by Gasteiger charge is -2.23. The smallest absolute Gasteiger partial charge is 0.0780 e. The molecule has 0 saturated carbocycles. The predicted octanol–water partition coefficient (Wildman–Crippen LogP) is 4.84. The molecule has 25 heavy (non-hydrogen) atoms. The lowest BCUT2D eigenvalue weighted by Crippen LogP contribution is -2.35. The van der Waals surface area contributed by atoms with E-state index in [-0.39, 0.29) is 0 Å². The molecule has 0 fully saturated rings. The number of nitrogens with zero attached hydrogens (tertiary/aromatic N) is 1. The second-order valence-corrected chi connectivity index (χ2v) is 8.83. The van der Waals surface area contributed by atoms with Crippen molar-refractivity contribution in [2.45, 2.75) is 96.8 Å². The van der Waals surface area contributed by atoms with Crippen LogP contribution in [0.2, 0.25) is 0 Å².